The Morgan fingerprint density at radius 2 is 1.89 bits per heavy atom. The molecule has 1 unspecified atom stereocenters. The van der Waals surface area contributed by atoms with Crippen molar-refractivity contribution in [3.63, 3.8) is 0 Å². The summed E-state index contributed by atoms with van der Waals surface area (Å²) in [5.41, 5.74) is 5.81. The van der Waals surface area contributed by atoms with E-state index in [1.165, 1.54) is 17.4 Å². The van der Waals surface area contributed by atoms with Gasteiger partial charge in [-0.15, -0.1) is 11.3 Å². The number of benzene rings is 1. The Kier molecular flexibility index (Phi) is 4.03. The van der Waals surface area contributed by atoms with Crippen molar-refractivity contribution in [3.8, 4) is 0 Å². The molecule has 0 radical (unpaired) electrons. The van der Waals surface area contributed by atoms with Crippen molar-refractivity contribution in [2.24, 2.45) is 5.73 Å². The molecule has 0 aliphatic carbocycles. The topological polar surface area (TPSA) is 26.0 Å². The van der Waals surface area contributed by atoms with Crippen LogP contribution in [-0.2, 0) is 6.18 Å². The molecule has 1 aromatic carbocycles. The third kappa shape index (κ3) is 3.19. The molecule has 2 N–H and O–H groups in total. The molecular formula is C13H11BrF3NS. The number of alkyl halides is 3. The fraction of sp³-hybridized carbons (Fsp3) is 0.231. The van der Waals surface area contributed by atoms with Crippen LogP contribution in [0, 0.1) is 6.92 Å². The van der Waals surface area contributed by atoms with Crippen LogP contribution in [0.3, 0.4) is 0 Å². The van der Waals surface area contributed by atoms with Gasteiger partial charge in [-0.1, -0.05) is 15.9 Å². The van der Waals surface area contributed by atoms with E-state index >= 15 is 0 Å². The number of aryl methyl sites for hydroxylation is 1. The maximum absolute atomic E-state index is 12.7. The molecular weight excluding hydrogens is 339 g/mol. The van der Waals surface area contributed by atoms with Crippen LogP contribution in [0.4, 0.5) is 13.2 Å². The molecule has 102 valence electrons. The van der Waals surface area contributed by atoms with E-state index in [0.29, 0.717) is 10.0 Å². The average Bonchev–Trinajstić information content (AvgIpc) is 2.74. The van der Waals surface area contributed by atoms with Crippen LogP contribution in [0.15, 0.2) is 34.8 Å². The summed E-state index contributed by atoms with van der Waals surface area (Å²) in [5.74, 6) is 0. The van der Waals surface area contributed by atoms with Crippen molar-refractivity contribution < 1.29 is 13.2 Å². The predicted molar refractivity (Wildman–Crippen MR) is 74.2 cm³/mol. The van der Waals surface area contributed by atoms with Crippen molar-refractivity contribution in [2.75, 3.05) is 0 Å². The van der Waals surface area contributed by atoms with Gasteiger partial charge in [0, 0.05) is 14.2 Å². The quantitative estimate of drug-likeness (QED) is 0.820. The third-order valence-corrected chi connectivity index (χ3v) is 4.53. The van der Waals surface area contributed by atoms with Gasteiger partial charge < -0.3 is 5.73 Å². The molecule has 2 rings (SSSR count). The number of nitrogens with two attached hydrogens (primary N) is 1. The fourth-order valence-corrected chi connectivity index (χ4v) is 3.12. The van der Waals surface area contributed by atoms with Gasteiger partial charge in [-0.2, -0.15) is 13.2 Å². The summed E-state index contributed by atoms with van der Waals surface area (Å²) in [7, 11) is 0. The Morgan fingerprint density at radius 1 is 1.21 bits per heavy atom. The molecule has 0 bridgehead atoms. The van der Waals surface area contributed by atoms with Gasteiger partial charge in [0.05, 0.1) is 11.6 Å². The van der Waals surface area contributed by atoms with E-state index in [1.807, 2.05) is 19.1 Å². The number of hydrogen-bond donors (Lipinski definition) is 1. The first-order valence-electron chi connectivity index (χ1n) is 5.47. The lowest BCUT2D eigenvalue weighted by Crippen LogP contribution is -2.13. The van der Waals surface area contributed by atoms with Crippen molar-refractivity contribution in [1.82, 2.24) is 0 Å². The maximum atomic E-state index is 12.7. The second-order valence-electron chi connectivity index (χ2n) is 4.16. The minimum atomic E-state index is -4.36. The molecule has 0 saturated carbocycles. The highest BCUT2D eigenvalue weighted by molar-refractivity contribution is 9.10. The SMILES string of the molecule is Cc1ccc(C(N)c2cc(C(F)(F)F)ccc2Br)s1. The summed E-state index contributed by atoms with van der Waals surface area (Å²) < 4.78 is 38.7. The van der Waals surface area contributed by atoms with Gasteiger partial charge in [-0.3, -0.25) is 0 Å². The molecule has 0 aliphatic heterocycles. The molecule has 1 aromatic heterocycles. The number of rotatable bonds is 2. The third-order valence-electron chi connectivity index (χ3n) is 2.73. The molecule has 0 aliphatic rings. The first-order chi connectivity index (χ1) is 8.79. The smallest absolute Gasteiger partial charge is 0.320 e. The van der Waals surface area contributed by atoms with Crippen molar-refractivity contribution in [2.45, 2.75) is 19.1 Å². The highest BCUT2D eigenvalue weighted by atomic mass is 79.9. The van der Waals surface area contributed by atoms with Gasteiger partial charge in [0.15, 0.2) is 0 Å². The van der Waals surface area contributed by atoms with Crippen molar-refractivity contribution in [3.05, 3.63) is 55.7 Å². The molecule has 0 saturated heterocycles. The van der Waals surface area contributed by atoms with Crippen molar-refractivity contribution in [1.29, 1.82) is 0 Å². The standard InChI is InChI=1S/C13H11BrF3NS/c1-7-2-5-11(19-7)12(18)9-6-8(13(15,16)17)3-4-10(9)14/h2-6,12H,18H2,1H3. The zero-order valence-corrected chi connectivity index (χ0v) is 12.4. The Hall–Kier alpha value is -0.850. The Morgan fingerprint density at radius 3 is 2.42 bits per heavy atom. The van der Waals surface area contributed by atoms with Crippen molar-refractivity contribution >= 4 is 27.3 Å². The highest BCUT2D eigenvalue weighted by Gasteiger charge is 2.31. The fourth-order valence-electron chi connectivity index (χ4n) is 1.73. The van der Waals surface area contributed by atoms with E-state index in [-0.39, 0.29) is 0 Å². The number of halogens is 4. The highest BCUT2D eigenvalue weighted by Crippen LogP contribution is 2.36. The van der Waals surface area contributed by atoms with Gasteiger partial charge in [0.1, 0.15) is 0 Å². The molecule has 0 spiro atoms. The largest absolute Gasteiger partial charge is 0.416 e. The van der Waals surface area contributed by atoms with Crippen LogP contribution >= 0.6 is 27.3 Å². The summed E-state index contributed by atoms with van der Waals surface area (Å²) in [5, 5.41) is 0. The van der Waals surface area contributed by atoms with Crippen LogP contribution in [-0.4, -0.2) is 0 Å². The van der Waals surface area contributed by atoms with Crippen LogP contribution in [0.25, 0.3) is 0 Å². The summed E-state index contributed by atoms with van der Waals surface area (Å²) in [6.45, 7) is 1.93. The lowest BCUT2D eigenvalue weighted by Gasteiger charge is -2.15. The van der Waals surface area contributed by atoms with E-state index < -0.39 is 17.8 Å². The van der Waals surface area contributed by atoms with E-state index in [1.54, 1.807) is 0 Å². The minimum Gasteiger partial charge on any atom is -0.320 e. The molecule has 6 heteroatoms. The number of thiophene rings is 1. The molecule has 2 aromatic rings. The molecule has 1 atom stereocenters. The first-order valence-corrected chi connectivity index (χ1v) is 7.08. The lowest BCUT2D eigenvalue weighted by atomic mass is 10.0. The monoisotopic (exact) mass is 349 g/mol. The maximum Gasteiger partial charge on any atom is 0.416 e. The zero-order chi connectivity index (χ0) is 14.2. The Bertz CT molecular complexity index is 592. The summed E-state index contributed by atoms with van der Waals surface area (Å²) in [6.07, 6.45) is -4.36. The van der Waals surface area contributed by atoms with E-state index in [0.717, 1.165) is 21.9 Å². The normalized spacial score (nSPS) is 13.6. The predicted octanol–water partition coefficient (Wildman–Crippen LogP) is 4.89. The molecule has 1 heterocycles. The van der Waals surface area contributed by atoms with Gasteiger partial charge >= 0.3 is 6.18 Å². The summed E-state index contributed by atoms with van der Waals surface area (Å²) in [4.78, 5) is 1.92. The van der Waals surface area contributed by atoms with Gasteiger partial charge in [-0.05, 0) is 42.8 Å². The van der Waals surface area contributed by atoms with Crippen LogP contribution < -0.4 is 5.73 Å². The Labute approximate surface area is 121 Å². The van der Waals surface area contributed by atoms with E-state index in [9.17, 15) is 13.2 Å². The zero-order valence-electron chi connectivity index (χ0n) is 9.96. The molecule has 1 nitrogen and oxygen atoms in total. The second kappa shape index (κ2) is 5.26. The van der Waals surface area contributed by atoms with Crippen LogP contribution in [0.2, 0.25) is 0 Å². The van der Waals surface area contributed by atoms with Crippen LogP contribution in [0.1, 0.15) is 26.9 Å². The van der Waals surface area contributed by atoms with Gasteiger partial charge in [0.2, 0.25) is 0 Å². The molecule has 19 heavy (non-hydrogen) atoms. The first kappa shape index (κ1) is 14.6. The molecule has 0 fully saturated rings. The van der Waals surface area contributed by atoms with Gasteiger partial charge in [0.25, 0.3) is 0 Å². The minimum absolute atomic E-state index is 0.441. The number of hydrogen-bond acceptors (Lipinski definition) is 2. The summed E-state index contributed by atoms with van der Waals surface area (Å²) in [6, 6.07) is 6.72. The van der Waals surface area contributed by atoms with E-state index in [4.69, 9.17) is 5.73 Å². The average molecular weight is 350 g/mol. The molecule has 0 amide bonds. The summed E-state index contributed by atoms with van der Waals surface area (Å²) >= 11 is 4.74. The second-order valence-corrected chi connectivity index (χ2v) is 6.33. The van der Waals surface area contributed by atoms with Crippen LogP contribution in [0.5, 0.6) is 0 Å². The lowest BCUT2D eigenvalue weighted by molar-refractivity contribution is -0.137. The van der Waals surface area contributed by atoms with E-state index in [2.05, 4.69) is 15.9 Å². The Balaban J connectivity index is 2.44. The van der Waals surface area contributed by atoms with Gasteiger partial charge in [-0.25, -0.2) is 0 Å².